The van der Waals surface area contributed by atoms with E-state index in [9.17, 15) is 4.79 Å². The van der Waals surface area contributed by atoms with Crippen LogP contribution in [-0.2, 0) is 11.2 Å². The van der Waals surface area contributed by atoms with Gasteiger partial charge in [-0.05, 0) is 47.9 Å². The van der Waals surface area contributed by atoms with Crippen molar-refractivity contribution in [1.82, 2.24) is 4.90 Å². The van der Waals surface area contributed by atoms with Crippen molar-refractivity contribution < 1.29 is 14.3 Å². The first-order valence-electron chi connectivity index (χ1n) is 8.23. The second-order valence-corrected chi connectivity index (χ2v) is 6.37. The highest BCUT2D eigenvalue weighted by atomic mass is 35.5. The first kappa shape index (κ1) is 18.1. The lowest BCUT2D eigenvalue weighted by Crippen LogP contribution is -2.33. The van der Waals surface area contributed by atoms with E-state index in [-0.39, 0.29) is 5.91 Å². The molecule has 2 aromatic rings. The zero-order valence-corrected chi connectivity index (χ0v) is 15.5. The lowest BCUT2D eigenvalue weighted by atomic mass is 9.96. The first-order chi connectivity index (χ1) is 12.5. The smallest absolute Gasteiger partial charge is 0.250 e. The molecule has 2 aromatic carbocycles. The Morgan fingerprint density at radius 2 is 1.81 bits per heavy atom. The molecule has 0 atom stereocenters. The summed E-state index contributed by atoms with van der Waals surface area (Å²) in [4.78, 5) is 14.3. The maximum absolute atomic E-state index is 12.6. The van der Waals surface area contributed by atoms with Crippen molar-refractivity contribution in [3.63, 3.8) is 0 Å². The molecule has 0 aliphatic carbocycles. The largest absolute Gasteiger partial charge is 0.493 e. The highest BCUT2D eigenvalue weighted by Crippen LogP contribution is 2.37. The molecule has 0 bridgehead atoms. The third-order valence-corrected chi connectivity index (χ3v) is 4.66. The monoisotopic (exact) mass is 369 g/mol. The quantitative estimate of drug-likeness (QED) is 0.748. The van der Waals surface area contributed by atoms with Crippen LogP contribution < -0.4 is 9.47 Å². The molecule has 0 aromatic heterocycles. The zero-order valence-electron chi connectivity index (χ0n) is 14.8. The average Bonchev–Trinajstić information content (AvgIpc) is 2.66. The molecule has 134 valence electrons. The van der Waals surface area contributed by atoms with Gasteiger partial charge in [0.1, 0.15) is 0 Å². The van der Waals surface area contributed by atoms with Crippen molar-refractivity contribution in [3.05, 3.63) is 70.8 Å². The average molecular weight is 370 g/mol. The van der Waals surface area contributed by atoms with Gasteiger partial charge in [0.05, 0.1) is 14.2 Å². The summed E-state index contributed by atoms with van der Waals surface area (Å²) in [6.07, 6.45) is 4.06. The van der Waals surface area contributed by atoms with Gasteiger partial charge in [0.15, 0.2) is 11.5 Å². The Kier molecular flexibility index (Phi) is 5.33. The summed E-state index contributed by atoms with van der Waals surface area (Å²) >= 11 is 5.88. The SMILES string of the molecule is C=C1c2cc(OC)c(OC)cc2CCN1C(=O)/C=C/c1ccc(Cl)cc1. The summed E-state index contributed by atoms with van der Waals surface area (Å²) < 4.78 is 10.7. The van der Waals surface area contributed by atoms with E-state index in [2.05, 4.69) is 6.58 Å². The lowest BCUT2D eigenvalue weighted by Gasteiger charge is -2.30. The van der Waals surface area contributed by atoms with Crippen LogP contribution in [0.2, 0.25) is 5.02 Å². The van der Waals surface area contributed by atoms with Gasteiger partial charge in [-0.25, -0.2) is 0 Å². The van der Waals surface area contributed by atoms with E-state index in [1.54, 1.807) is 43.4 Å². The third kappa shape index (κ3) is 3.60. The van der Waals surface area contributed by atoms with Gasteiger partial charge in [0, 0.05) is 28.9 Å². The molecule has 1 aliphatic heterocycles. The Labute approximate surface area is 158 Å². The fourth-order valence-electron chi connectivity index (χ4n) is 2.98. The number of rotatable bonds is 4. The van der Waals surface area contributed by atoms with Gasteiger partial charge in [-0.3, -0.25) is 4.79 Å². The second-order valence-electron chi connectivity index (χ2n) is 5.94. The summed E-state index contributed by atoms with van der Waals surface area (Å²) in [6.45, 7) is 4.69. The Balaban J connectivity index is 1.82. The first-order valence-corrected chi connectivity index (χ1v) is 8.60. The Morgan fingerprint density at radius 1 is 1.15 bits per heavy atom. The normalized spacial score (nSPS) is 13.7. The highest BCUT2D eigenvalue weighted by molar-refractivity contribution is 6.30. The number of hydrogen-bond donors (Lipinski definition) is 0. The van der Waals surface area contributed by atoms with Gasteiger partial charge in [-0.2, -0.15) is 0 Å². The Morgan fingerprint density at radius 3 is 2.46 bits per heavy atom. The highest BCUT2D eigenvalue weighted by Gasteiger charge is 2.25. The van der Waals surface area contributed by atoms with Crippen LogP contribution in [0, 0.1) is 0 Å². The molecule has 0 radical (unpaired) electrons. The van der Waals surface area contributed by atoms with Crippen LogP contribution in [0.15, 0.2) is 49.1 Å². The molecule has 1 aliphatic rings. The van der Waals surface area contributed by atoms with Gasteiger partial charge >= 0.3 is 0 Å². The van der Waals surface area contributed by atoms with Gasteiger partial charge in [-0.1, -0.05) is 30.3 Å². The molecule has 0 N–H and O–H groups in total. The molecule has 5 heteroatoms. The van der Waals surface area contributed by atoms with E-state index in [1.807, 2.05) is 24.3 Å². The van der Waals surface area contributed by atoms with Crippen molar-refractivity contribution in [1.29, 1.82) is 0 Å². The molecule has 0 saturated heterocycles. The van der Waals surface area contributed by atoms with E-state index >= 15 is 0 Å². The number of halogens is 1. The second kappa shape index (κ2) is 7.67. The fourth-order valence-corrected chi connectivity index (χ4v) is 3.11. The molecular formula is C21H20ClNO3. The molecule has 1 heterocycles. The molecule has 3 rings (SSSR count). The molecule has 0 spiro atoms. The minimum atomic E-state index is -0.106. The number of methoxy groups -OCH3 is 2. The number of amides is 1. The van der Waals surface area contributed by atoms with E-state index in [1.165, 1.54) is 0 Å². The van der Waals surface area contributed by atoms with Crippen molar-refractivity contribution in [3.8, 4) is 11.5 Å². The van der Waals surface area contributed by atoms with Crippen LogP contribution in [0.5, 0.6) is 11.5 Å². The van der Waals surface area contributed by atoms with Crippen molar-refractivity contribution in [2.24, 2.45) is 0 Å². The maximum Gasteiger partial charge on any atom is 0.250 e. The summed E-state index contributed by atoms with van der Waals surface area (Å²) in [5, 5.41) is 0.666. The van der Waals surface area contributed by atoms with Crippen LogP contribution in [0.25, 0.3) is 11.8 Å². The van der Waals surface area contributed by atoms with Crippen LogP contribution >= 0.6 is 11.6 Å². The van der Waals surface area contributed by atoms with Crippen LogP contribution in [0.3, 0.4) is 0 Å². The Bertz CT molecular complexity index is 872. The molecule has 0 saturated carbocycles. The number of hydrogen-bond acceptors (Lipinski definition) is 3. The van der Waals surface area contributed by atoms with Gasteiger partial charge < -0.3 is 14.4 Å². The molecular weight excluding hydrogens is 350 g/mol. The van der Waals surface area contributed by atoms with Crippen LogP contribution in [0.4, 0.5) is 0 Å². The van der Waals surface area contributed by atoms with E-state index in [4.69, 9.17) is 21.1 Å². The molecule has 0 fully saturated rings. The molecule has 26 heavy (non-hydrogen) atoms. The number of ether oxygens (including phenoxy) is 2. The number of carbonyl (C=O) groups is 1. The predicted octanol–water partition coefficient (Wildman–Crippen LogP) is 4.43. The Hall–Kier alpha value is -2.72. The van der Waals surface area contributed by atoms with E-state index < -0.39 is 0 Å². The topological polar surface area (TPSA) is 38.8 Å². The molecule has 1 amide bonds. The molecule has 0 unspecified atom stereocenters. The summed E-state index contributed by atoms with van der Waals surface area (Å²) in [5.74, 6) is 1.20. The fraction of sp³-hybridized carbons (Fsp3) is 0.190. The van der Waals surface area contributed by atoms with Gasteiger partial charge in [0.2, 0.25) is 0 Å². The predicted molar refractivity (Wildman–Crippen MR) is 104 cm³/mol. The van der Waals surface area contributed by atoms with Crippen LogP contribution in [-0.4, -0.2) is 31.6 Å². The standard InChI is InChI=1S/C21H20ClNO3/c1-14-18-13-20(26-3)19(25-2)12-16(18)10-11-23(14)21(24)9-6-15-4-7-17(22)8-5-15/h4-9,12-13H,1,10-11H2,2-3H3/b9-6+. The van der Waals surface area contributed by atoms with E-state index in [0.29, 0.717) is 28.8 Å². The summed E-state index contributed by atoms with van der Waals surface area (Å²) in [5.41, 5.74) is 3.58. The minimum Gasteiger partial charge on any atom is -0.493 e. The number of nitrogens with zero attached hydrogens (tertiary/aromatic N) is 1. The number of benzene rings is 2. The van der Waals surface area contributed by atoms with Crippen molar-refractivity contribution >= 4 is 29.3 Å². The minimum absolute atomic E-state index is 0.106. The molecule has 4 nitrogen and oxygen atoms in total. The maximum atomic E-state index is 12.6. The van der Waals surface area contributed by atoms with Crippen molar-refractivity contribution in [2.75, 3.05) is 20.8 Å². The van der Waals surface area contributed by atoms with Gasteiger partial charge in [-0.15, -0.1) is 0 Å². The number of fused-ring (bicyclic) bond motifs is 1. The third-order valence-electron chi connectivity index (χ3n) is 4.41. The van der Waals surface area contributed by atoms with Crippen molar-refractivity contribution in [2.45, 2.75) is 6.42 Å². The lowest BCUT2D eigenvalue weighted by molar-refractivity contribution is -0.123. The van der Waals surface area contributed by atoms with E-state index in [0.717, 1.165) is 23.1 Å². The summed E-state index contributed by atoms with van der Waals surface area (Å²) in [6, 6.07) is 11.1. The van der Waals surface area contributed by atoms with Gasteiger partial charge in [0.25, 0.3) is 5.91 Å². The van der Waals surface area contributed by atoms with Crippen LogP contribution in [0.1, 0.15) is 16.7 Å². The zero-order chi connectivity index (χ0) is 18.7. The number of carbonyl (C=O) groups excluding carboxylic acids is 1. The summed E-state index contributed by atoms with van der Waals surface area (Å²) in [7, 11) is 3.20.